The maximum atomic E-state index is 11.3. The first-order chi connectivity index (χ1) is 63.9. The first kappa shape index (κ1) is 70.5. The highest BCUT2D eigenvalue weighted by atomic mass is 16.3. The zero-order chi connectivity index (χ0) is 84.4. The molecule has 2 unspecified atom stereocenters. The number of furan rings is 2. The fraction of sp³-hybridized carbons (Fsp3) is 0.0504. The number of hydrogen-bond acceptors (Lipinski definition) is 9. The normalized spacial score (nSPS) is 19.4. The van der Waals surface area contributed by atoms with E-state index in [9.17, 15) is 5.26 Å². The van der Waals surface area contributed by atoms with Gasteiger partial charge >= 0.3 is 0 Å². The van der Waals surface area contributed by atoms with Gasteiger partial charge in [-0.3, -0.25) is 0 Å². The lowest BCUT2D eigenvalue weighted by Crippen LogP contribution is -2.52. The predicted octanol–water partition coefficient (Wildman–Crippen LogP) is 26.0. The van der Waals surface area contributed by atoms with Crippen LogP contribution in [0.3, 0.4) is 0 Å². The highest BCUT2D eigenvalue weighted by Gasteiger charge is 2.64. The fourth-order valence-corrected chi connectivity index (χ4v) is 25.1. The van der Waals surface area contributed by atoms with Gasteiger partial charge in [-0.2, -0.15) is 15.2 Å². The van der Waals surface area contributed by atoms with E-state index < -0.39 is 27.1 Å². The van der Waals surface area contributed by atoms with Crippen LogP contribution < -0.4 is 0 Å². The van der Waals surface area contributed by atoms with Gasteiger partial charge in [-0.25, -0.2) is 19.9 Å². The predicted molar refractivity (Wildman–Crippen MR) is 507 cm³/mol. The zero-order valence-electron chi connectivity index (χ0n) is 69.2. The Hall–Kier alpha value is -16.9. The molecule has 0 spiro atoms. The van der Waals surface area contributed by atoms with Gasteiger partial charge in [0.15, 0.2) is 17.3 Å². The van der Waals surface area contributed by atoms with Crippen LogP contribution in [0, 0.1) is 11.3 Å². The number of aromatic nitrogens is 7. The van der Waals surface area contributed by atoms with E-state index in [0.717, 1.165) is 177 Å². The number of nitrogens with zero attached hydrogens (tertiary/aromatic N) is 8. The van der Waals surface area contributed by atoms with Crippen LogP contribution in [-0.2, 0) is 27.1 Å². The van der Waals surface area contributed by atoms with Crippen LogP contribution in [0.4, 0.5) is 0 Å². The van der Waals surface area contributed by atoms with Gasteiger partial charge in [0.25, 0.3) is 0 Å². The topological polar surface area (TPSA) is 132 Å². The third kappa shape index (κ3) is 8.70. The maximum absolute atomic E-state index is 11.3. The van der Waals surface area contributed by atoms with Crippen molar-refractivity contribution in [3.8, 4) is 45.3 Å². The molecule has 0 radical (unpaired) electrons. The van der Waals surface area contributed by atoms with E-state index in [1.54, 1.807) is 0 Å². The highest BCUT2D eigenvalue weighted by molar-refractivity contribution is 6.11. The van der Waals surface area contributed by atoms with Crippen molar-refractivity contribution in [1.29, 1.82) is 5.26 Å². The standard InChI is InChI=1S/C119H68N8O2/c120-67-102-108-82-36-12-26-50-106(82)129-112(108)126-114(124-102)118-91-43-19-16-40-88(91)115(74-27-3-1-4-28-74,89-41-17-20-44-92(89)118)97-65-71(54-60-95(97)118)72-55-61-96-98(66-72)116(75-29-5-2-6-30-75)90-42-18-21-45-93(90)119(96,113-121-68-84-78-32-11-25-49-105(78)128-111(84)125-113)99-64-70(53-59-94(99)116)69-51-57-76(58-52-69)127-103-48-24-10-31-77(103)83-63-73(56-62-104(83)127)109-110(123-101-47-23-22-46-100(101)122-109)117-85-37-13-7-33-79(85)107(80-34-8-14-38-86(80)117)81-35-9-15-39-87(81)117/h1-66,68,107H. The average molecular weight is 1640 g/mol. The second-order valence-corrected chi connectivity index (χ2v) is 35.4. The molecule has 17 aromatic carbocycles. The van der Waals surface area contributed by atoms with E-state index >= 15 is 0 Å². The molecule has 10 heteroatoms. The molecular weight excluding hydrogens is 1570 g/mol. The molecule has 9 aliphatic carbocycles. The fourth-order valence-electron chi connectivity index (χ4n) is 25.1. The lowest BCUT2D eigenvalue weighted by Gasteiger charge is -2.56. The Kier molecular flexibility index (Phi) is 13.9. The van der Waals surface area contributed by atoms with Crippen molar-refractivity contribution in [1.82, 2.24) is 34.5 Å². The minimum Gasteiger partial charge on any atom is -0.438 e. The molecule has 23 aromatic rings. The first-order valence-corrected chi connectivity index (χ1v) is 44.2. The summed E-state index contributed by atoms with van der Waals surface area (Å²) in [5.74, 6) is 1.20. The van der Waals surface area contributed by atoms with Gasteiger partial charge in [-0.05, 0) is 206 Å². The molecule has 32 rings (SSSR count). The lowest BCUT2D eigenvalue weighted by atomic mass is 9.44. The summed E-state index contributed by atoms with van der Waals surface area (Å²) in [7, 11) is 0. The molecule has 6 bridgehead atoms. The summed E-state index contributed by atoms with van der Waals surface area (Å²) in [6.45, 7) is 0. The van der Waals surface area contributed by atoms with E-state index in [-0.39, 0.29) is 11.6 Å². The molecule has 9 aliphatic rings. The van der Waals surface area contributed by atoms with Crippen molar-refractivity contribution in [3.63, 3.8) is 0 Å². The Labute approximate surface area is 739 Å². The van der Waals surface area contributed by atoms with Crippen LogP contribution in [0.5, 0.6) is 0 Å². The number of nitriles is 1. The third-order valence-electron chi connectivity index (χ3n) is 29.9. The molecule has 6 aromatic heterocycles. The Bertz CT molecular complexity index is 8800. The van der Waals surface area contributed by atoms with Crippen LogP contribution in [0.1, 0.15) is 140 Å². The summed E-state index contributed by atoms with van der Waals surface area (Å²) in [6, 6.07) is 149. The van der Waals surface area contributed by atoms with Gasteiger partial charge < -0.3 is 13.4 Å². The Balaban J connectivity index is 0.617. The van der Waals surface area contributed by atoms with Gasteiger partial charge in [0, 0.05) is 44.9 Å². The Morgan fingerprint density at radius 2 is 0.690 bits per heavy atom. The first-order valence-electron chi connectivity index (χ1n) is 44.2. The van der Waals surface area contributed by atoms with E-state index in [0.29, 0.717) is 34.0 Å². The second-order valence-electron chi connectivity index (χ2n) is 35.4. The number of para-hydroxylation sites is 5. The number of fused-ring (bicyclic) bond motifs is 10. The van der Waals surface area contributed by atoms with Crippen LogP contribution in [-0.4, -0.2) is 34.5 Å². The lowest BCUT2D eigenvalue weighted by molar-refractivity contribution is 0.532. The summed E-state index contributed by atoms with van der Waals surface area (Å²) in [5.41, 5.74) is 32.9. The maximum Gasteiger partial charge on any atom is 0.232 e. The van der Waals surface area contributed by atoms with Crippen LogP contribution >= 0.6 is 0 Å². The summed E-state index contributed by atoms with van der Waals surface area (Å²) in [5, 5.41) is 16.8. The summed E-state index contributed by atoms with van der Waals surface area (Å²) >= 11 is 0. The Morgan fingerprint density at radius 1 is 0.279 bits per heavy atom. The van der Waals surface area contributed by atoms with E-state index in [4.69, 9.17) is 38.7 Å². The van der Waals surface area contributed by atoms with Gasteiger partial charge in [0.1, 0.15) is 28.1 Å². The molecular formula is C119H68N8O2. The zero-order valence-corrected chi connectivity index (χ0v) is 69.2. The smallest absolute Gasteiger partial charge is 0.232 e. The third-order valence-corrected chi connectivity index (χ3v) is 29.9. The largest absolute Gasteiger partial charge is 0.438 e. The summed E-state index contributed by atoms with van der Waals surface area (Å²) < 4.78 is 16.0. The van der Waals surface area contributed by atoms with Gasteiger partial charge in [0.05, 0.1) is 60.5 Å². The number of hydrogen-bond donors (Lipinski definition) is 0. The molecule has 596 valence electrons. The van der Waals surface area contributed by atoms with Crippen molar-refractivity contribution in [2.45, 2.75) is 33.0 Å². The number of rotatable bonds is 9. The van der Waals surface area contributed by atoms with Crippen LogP contribution in [0.15, 0.2) is 415 Å². The average Bonchev–Trinajstić information content (AvgIpc) is 1.47. The van der Waals surface area contributed by atoms with E-state index in [2.05, 4.69) is 369 Å². The second kappa shape index (κ2) is 25.5. The van der Waals surface area contributed by atoms with Crippen molar-refractivity contribution in [2.24, 2.45) is 0 Å². The van der Waals surface area contributed by atoms with Crippen molar-refractivity contribution in [3.05, 3.63) is 541 Å². The van der Waals surface area contributed by atoms with Gasteiger partial charge in [-0.15, -0.1) is 0 Å². The minimum absolute atomic E-state index is 0.102. The number of benzene rings is 17. The van der Waals surface area contributed by atoms with Gasteiger partial charge in [0.2, 0.25) is 11.4 Å². The van der Waals surface area contributed by atoms with E-state index in [1.165, 1.54) is 33.4 Å². The molecule has 0 amide bonds. The molecule has 0 saturated carbocycles. The van der Waals surface area contributed by atoms with Crippen LogP contribution in [0.25, 0.3) is 116 Å². The summed E-state index contributed by atoms with van der Waals surface area (Å²) in [4.78, 5) is 34.0. The quantitative estimate of drug-likeness (QED) is 0.139. The molecule has 0 N–H and O–H groups in total. The monoisotopic (exact) mass is 1640 g/mol. The minimum atomic E-state index is -1.11. The van der Waals surface area contributed by atoms with Crippen molar-refractivity contribution >= 4 is 77.0 Å². The molecule has 0 fully saturated rings. The summed E-state index contributed by atoms with van der Waals surface area (Å²) in [6.07, 6.45) is 1.99. The van der Waals surface area contributed by atoms with Crippen molar-refractivity contribution in [2.75, 3.05) is 0 Å². The van der Waals surface area contributed by atoms with E-state index in [1.807, 2.05) is 48.7 Å². The molecule has 0 saturated heterocycles. The molecule has 2 atom stereocenters. The molecule has 10 nitrogen and oxygen atoms in total. The highest BCUT2D eigenvalue weighted by Crippen LogP contribution is 2.70. The van der Waals surface area contributed by atoms with Crippen molar-refractivity contribution < 1.29 is 8.83 Å². The van der Waals surface area contributed by atoms with Gasteiger partial charge in [-0.1, -0.05) is 328 Å². The molecule has 0 aliphatic heterocycles. The molecule has 129 heavy (non-hydrogen) atoms. The SMILES string of the molecule is N#Cc1nc(C23c4ccccc4C(c4ccccc4)(c4ccccc42)c2cc(-c4ccc5c(c4)C4(c6ccccc6)c6ccccc6C5(c5ncc6c(n5)oc5ccccc56)c5cc(-c6ccc(-n7c8ccccc8c8cc(-c9nc%10ccccc%10nc9C9%10c%11ccccc%11C(c%11ccccc%119)c9ccccc9%10)ccc87)cc6)ccc54)ccc23)nc2oc3ccccc3c12. The van der Waals surface area contributed by atoms with Crippen LogP contribution in [0.2, 0.25) is 0 Å². The Morgan fingerprint density at radius 3 is 1.26 bits per heavy atom. The molecule has 6 heterocycles.